The van der Waals surface area contributed by atoms with Crippen molar-refractivity contribution in [1.82, 2.24) is 5.32 Å². The van der Waals surface area contributed by atoms with Crippen molar-refractivity contribution >= 4 is 11.6 Å². The van der Waals surface area contributed by atoms with Crippen LogP contribution in [-0.4, -0.2) is 19.0 Å². The Morgan fingerprint density at radius 3 is 2.60 bits per heavy atom. The predicted molar refractivity (Wildman–Crippen MR) is 83.9 cm³/mol. The molecule has 3 heteroatoms. The van der Waals surface area contributed by atoms with Crippen LogP contribution in [0.15, 0.2) is 24.3 Å². The number of piperidine rings is 1. The Kier molecular flexibility index (Phi) is 6.06. The fraction of sp³-hybridized carbons (Fsp3) is 0.588. The molecule has 0 bridgehead atoms. The van der Waals surface area contributed by atoms with E-state index in [9.17, 15) is 4.79 Å². The SMILES string of the molecule is CCCc1ccc(NC(=O)CCC2CCNCC2)cc1. The number of aryl methyl sites for hydroxylation is 1. The monoisotopic (exact) mass is 274 g/mol. The van der Waals surface area contributed by atoms with Gasteiger partial charge in [0.15, 0.2) is 0 Å². The molecule has 2 rings (SSSR count). The smallest absolute Gasteiger partial charge is 0.224 e. The van der Waals surface area contributed by atoms with Crippen molar-refractivity contribution < 1.29 is 4.79 Å². The number of hydrogen-bond acceptors (Lipinski definition) is 2. The number of nitrogens with one attached hydrogen (secondary N) is 2. The zero-order valence-electron chi connectivity index (χ0n) is 12.5. The molecule has 1 fully saturated rings. The molecule has 0 spiro atoms. The summed E-state index contributed by atoms with van der Waals surface area (Å²) in [5.41, 5.74) is 2.25. The number of amides is 1. The fourth-order valence-electron chi connectivity index (χ4n) is 2.77. The summed E-state index contributed by atoms with van der Waals surface area (Å²) in [6, 6.07) is 8.22. The maximum Gasteiger partial charge on any atom is 0.224 e. The van der Waals surface area contributed by atoms with Gasteiger partial charge in [0.2, 0.25) is 5.91 Å². The molecule has 0 radical (unpaired) electrons. The fourth-order valence-corrected chi connectivity index (χ4v) is 2.77. The molecule has 0 aromatic heterocycles. The number of benzene rings is 1. The average Bonchev–Trinajstić information content (AvgIpc) is 2.49. The van der Waals surface area contributed by atoms with Crippen LogP contribution in [0.3, 0.4) is 0 Å². The quantitative estimate of drug-likeness (QED) is 0.835. The third kappa shape index (κ3) is 4.97. The van der Waals surface area contributed by atoms with Crippen LogP contribution < -0.4 is 10.6 Å². The molecule has 1 aliphatic rings. The van der Waals surface area contributed by atoms with Crippen molar-refractivity contribution in [1.29, 1.82) is 0 Å². The van der Waals surface area contributed by atoms with E-state index in [0.29, 0.717) is 12.3 Å². The van der Waals surface area contributed by atoms with Crippen molar-refractivity contribution in [2.24, 2.45) is 5.92 Å². The van der Waals surface area contributed by atoms with Crippen molar-refractivity contribution in [3.63, 3.8) is 0 Å². The standard InChI is InChI=1S/C17H26N2O/c1-2-3-14-4-7-16(8-5-14)19-17(20)9-6-15-10-12-18-13-11-15/h4-5,7-8,15,18H,2-3,6,9-13H2,1H3,(H,19,20). The second kappa shape index (κ2) is 8.05. The minimum absolute atomic E-state index is 0.145. The summed E-state index contributed by atoms with van der Waals surface area (Å²) in [6.07, 6.45) is 6.33. The predicted octanol–water partition coefficient (Wildman–Crippen LogP) is 3.36. The van der Waals surface area contributed by atoms with Crippen LogP contribution >= 0.6 is 0 Å². The van der Waals surface area contributed by atoms with Gasteiger partial charge in [-0.25, -0.2) is 0 Å². The van der Waals surface area contributed by atoms with E-state index in [2.05, 4.69) is 29.7 Å². The molecule has 1 aliphatic heterocycles. The topological polar surface area (TPSA) is 41.1 Å². The van der Waals surface area contributed by atoms with Crippen LogP contribution in [0.4, 0.5) is 5.69 Å². The van der Waals surface area contributed by atoms with E-state index in [-0.39, 0.29) is 5.91 Å². The molecule has 1 aromatic rings. The molecule has 20 heavy (non-hydrogen) atoms. The van der Waals surface area contributed by atoms with Gasteiger partial charge in [-0.3, -0.25) is 4.79 Å². The van der Waals surface area contributed by atoms with Gasteiger partial charge in [-0.15, -0.1) is 0 Å². The molecular formula is C17H26N2O. The van der Waals surface area contributed by atoms with Gasteiger partial charge in [0.05, 0.1) is 0 Å². The number of carbonyl (C=O) groups excluding carboxylic acids is 1. The number of carbonyl (C=O) groups is 1. The van der Waals surface area contributed by atoms with E-state index in [1.165, 1.54) is 18.4 Å². The summed E-state index contributed by atoms with van der Waals surface area (Å²) in [6.45, 7) is 4.38. The maximum absolute atomic E-state index is 11.9. The van der Waals surface area contributed by atoms with Crippen LogP contribution in [0.2, 0.25) is 0 Å². The molecule has 3 nitrogen and oxygen atoms in total. The van der Waals surface area contributed by atoms with Crippen molar-refractivity contribution in [2.75, 3.05) is 18.4 Å². The molecule has 0 aliphatic carbocycles. The molecule has 1 amide bonds. The van der Waals surface area contributed by atoms with Crippen LogP contribution in [0.5, 0.6) is 0 Å². The van der Waals surface area contributed by atoms with Gasteiger partial charge >= 0.3 is 0 Å². The van der Waals surface area contributed by atoms with Gasteiger partial charge in [0.1, 0.15) is 0 Å². The van der Waals surface area contributed by atoms with Crippen molar-refractivity contribution in [2.45, 2.75) is 45.4 Å². The summed E-state index contributed by atoms with van der Waals surface area (Å²) in [5, 5.41) is 6.35. The highest BCUT2D eigenvalue weighted by Crippen LogP contribution is 2.18. The first-order chi connectivity index (χ1) is 9.78. The normalized spacial score (nSPS) is 16.1. The average molecular weight is 274 g/mol. The highest BCUT2D eigenvalue weighted by atomic mass is 16.1. The lowest BCUT2D eigenvalue weighted by atomic mass is 9.93. The largest absolute Gasteiger partial charge is 0.326 e. The molecular weight excluding hydrogens is 248 g/mol. The lowest BCUT2D eigenvalue weighted by molar-refractivity contribution is -0.116. The summed E-state index contributed by atoms with van der Waals surface area (Å²) >= 11 is 0. The van der Waals surface area contributed by atoms with Crippen molar-refractivity contribution in [3.05, 3.63) is 29.8 Å². The summed E-state index contributed by atoms with van der Waals surface area (Å²) < 4.78 is 0. The third-order valence-corrected chi connectivity index (χ3v) is 4.01. The van der Waals surface area contributed by atoms with Gasteiger partial charge in [0.25, 0.3) is 0 Å². The van der Waals surface area contributed by atoms with Gasteiger partial charge in [-0.2, -0.15) is 0 Å². The van der Waals surface area contributed by atoms with Crippen LogP contribution in [0, 0.1) is 5.92 Å². The zero-order chi connectivity index (χ0) is 14.2. The Morgan fingerprint density at radius 1 is 1.25 bits per heavy atom. The Balaban J connectivity index is 1.73. The Labute approximate surface area is 122 Å². The van der Waals surface area contributed by atoms with Crippen LogP contribution in [0.25, 0.3) is 0 Å². The van der Waals surface area contributed by atoms with E-state index in [4.69, 9.17) is 0 Å². The third-order valence-electron chi connectivity index (χ3n) is 4.01. The second-order valence-corrected chi connectivity index (χ2v) is 5.73. The minimum Gasteiger partial charge on any atom is -0.326 e. The number of anilines is 1. The van der Waals surface area contributed by atoms with Crippen LogP contribution in [-0.2, 0) is 11.2 Å². The van der Waals surface area contributed by atoms with Gasteiger partial charge in [0, 0.05) is 12.1 Å². The molecule has 0 unspecified atom stereocenters. The Hall–Kier alpha value is -1.35. The Morgan fingerprint density at radius 2 is 1.95 bits per heavy atom. The van der Waals surface area contributed by atoms with Crippen molar-refractivity contribution in [3.8, 4) is 0 Å². The highest BCUT2D eigenvalue weighted by molar-refractivity contribution is 5.90. The first-order valence-electron chi connectivity index (χ1n) is 7.87. The van der Waals surface area contributed by atoms with Gasteiger partial charge in [-0.05, 0) is 62.4 Å². The molecule has 0 saturated carbocycles. The maximum atomic E-state index is 11.9. The second-order valence-electron chi connectivity index (χ2n) is 5.73. The lowest BCUT2D eigenvalue weighted by Gasteiger charge is -2.22. The number of hydrogen-bond donors (Lipinski definition) is 2. The minimum atomic E-state index is 0.145. The van der Waals surface area contributed by atoms with E-state index in [1.807, 2.05) is 12.1 Å². The zero-order valence-corrected chi connectivity index (χ0v) is 12.5. The first kappa shape index (κ1) is 15.0. The highest BCUT2D eigenvalue weighted by Gasteiger charge is 2.14. The molecule has 1 saturated heterocycles. The Bertz CT molecular complexity index is 408. The molecule has 1 heterocycles. The van der Waals surface area contributed by atoms with Gasteiger partial charge in [-0.1, -0.05) is 25.5 Å². The molecule has 2 N–H and O–H groups in total. The van der Waals surface area contributed by atoms with E-state index >= 15 is 0 Å². The van der Waals surface area contributed by atoms with E-state index in [1.54, 1.807) is 0 Å². The molecule has 0 atom stereocenters. The summed E-state index contributed by atoms with van der Waals surface area (Å²) in [7, 11) is 0. The number of rotatable bonds is 6. The van der Waals surface area contributed by atoms with E-state index < -0.39 is 0 Å². The van der Waals surface area contributed by atoms with E-state index in [0.717, 1.165) is 38.0 Å². The van der Waals surface area contributed by atoms with Gasteiger partial charge < -0.3 is 10.6 Å². The first-order valence-corrected chi connectivity index (χ1v) is 7.87. The summed E-state index contributed by atoms with van der Waals surface area (Å²) in [4.78, 5) is 11.9. The molecule has 110 valence electrons. The lowest BCUT2D eigenvalue weighted by Crippen LogP contribution is -2.28. The summed E-state index contributed by atoms with van der Waals surface area (Å²) in [5.74, 6) is 0.862. The van der Waals surface area contributed by atoms with Crippen LogP contribution in [0.1, 0.15) is 44.6 Å². The molecule has 1 aromatic carbocycles.